The van der Waals surface area contributed by atoms with Gasteiger partial charge in [-0.25, -0.2) is 0 Å². The van der Waals surface area contributed by atoms with Gasteiger partial charge in [-0.15, -0.1) is 0 Å². The molecule has 0 radical (unpaired) electrons. The second-order valence-corrected chi connectivity index (χ2v) is 6.91. The van der Waals surface area contributed by atoms with Gasteiger partial charge in [0, 0.05) is 42.2 Å². The molecular weight excluding hydrogens is 350 g/mol. The van der Waals surface area contributed by atoms with Crippen molar-refractivity contribution in [2.45, 2.75) is 19.5 Å². The summed E-state index contributed by atoms with van der Waals surface area (Å²) in [6.45, 7) is 3.43. The Labute approximate surface area is 162 Å². The number of pyridine rings is 1. The average molecular weight is 371 g/mol. The molecule has 4 N–H and O–H groups in total. The van der Waals surface area contributed by atoms with Crippen LogP contribution in [0.4, 0.5) is 5.82 Å². The molecule has 2 aromatic heterocycles. The number of rotatable bonds is 6. The first-order chi connectivity index (χ1) is 13.7. The number of H-pyrrole nitrogens is 2. The summed E-state index contributed by atoms with van der Waals surface area (Å²) in [6.07, 6.45) is 1.75. The highest BCUT2D eigenvalue weighted by Crippen LogP contribution is 2.21. The predicted molar refractivity (Wildman–Crippen MR) is 112 cm³/mol. The van der Waals surface area contributed by atoms with Gasteiger partial charge in [-0.3, -0.25) is 4.79 Å². The van der Waals surface area contributed by atoms with Gasteiger partial charge in [-0.05, 0) is 24.6 Å². The highest BCUT2D eigenvalue weighted by molar-refractivity contribution is 5.88. The summed E-state index contributed by atoms with van der Waals surface area (Å²) in [5, 5.41) is 17.6. The van der Waals surface area contributed by atoms with Crippen LogP contribution in [0.1, 0.15) is 18.1 Å². The minimum Gasteiger partial charge on any atom is -0.370 e. The van der Waals surface area contributed by atoms with Crippen LogP contribution in [0.15, 0.2) is 59.5 Å². The monoisotopic (exact) mass is 371 g/mol. The Bertz CT molecular complexity index is 1230. The molecule has 0 spiro atoms. The first kappa shape index (κ1) is 17.8. The number of benzene rings is 2. The van der Waals surface area contributed by atoms with E-state index in [2.05, 4.69) is 33.6 Å². The zero-order valence-electron chi connectivity index (χ0n) is 15.5. The number of hydrogen-bond acceptors (Lipinski definition) is 4. The summed E-state index contributed by atoms with van der Waals surface area (Å²) in [7, 11) is 0. The molecule has 6 nitrogen and oxygen atoms in total. The molecule has 2 heterocycles. The molecule has 0 bridgehead atoms. The Hall–Kier alpha value is -3.56. The van der Waals surface area contributed by atoms with E-state index in [0.717, 1.165) is 22.0 Å². The normalized spacial score (nSPS) is 12.1. The molecule has 140 valence electrons. The van der Waals surface area contributed by atoms with Gasteiger partial charge in [0.25, 0.3) is 0 Å². The van der Waals surface area contributed by atoms with Crippen LogP contribution < -0.4 is 16.1 Å². The number of aromatic amines is 2. The third-order valence-electron chi connectivity index (χ3n) is 4.90. The van der Waals surface area contributed by atoms with Gasteiger partial charge in [-0.1, -0.05) is 30.3 Å². The van der Waals surface area contributed by atoms with Gasteiger partial charge >= 0.3 is 0 Å². The van der Waals surface area contributed by atoms with Gasteiger partial charge in [0.1, 0.15) is 11.9 Å². The van der Waals surface area contributed by atoms with Crippen LogP contribution in [0, 0.1) is 11.3 Å². The lowest BCUT2D eigenvalue weighted by Gasteiger charge is -2.16. The summed E-state index contributed by atoms with van der Waals surface area (Å²) in [6, 6.07) is 17.4. The van der Waals surface area contributed by atoms with Crippen LogP contribution in [0.2, 0.25) is 0 Å². The first-order valence-electron chi connectivity index (χ1n) is 9.24. The van der Waals surface area contributed by atoms with E-state index in [0.29, 0.717) is 29.9 Å². The maximum absolute atomic E-state index is 12.2. The largest absolute Gasteiger partial charge is 0.370 e. The molecule has 0 aliphatic heterocycles. The fourth-order valence-corrected chi connectivity index (χ4v) is 3.37. The molecular formula is C22H21N5O. The topological polar surface area (TPSA) is 96.5 Å². The van der Waals surface area contributed by atoms with Gasteiger partial charge in [0.2, 0.25) is 0 Å². The van der Waals surface area contributed by atoms with E-state index >= 15 is 0 Å². The highest BCUT2D eigenvalue weighted by Gasteiger charge is 2.09. The Kier molecular flexibility index (Phi) is 4.83. The number of hydrogen-bond donors (Lipinski definition) is 4. The maximum atomic E-state index is 12.2. The molecule has 1 unspecified atom stereocenters. The third kappa shape index (κ3) is 3.48. The van der Waals surface area contributed by atoms with Gasteiger partial charge in [0.15, 0.2) is 5.43 Å². The fraction of sp³-hybridized carbons (Fsp3) is 0.182. The Morgan fingerprint density at radius 1 is 1.14 bits per heavy atom. The molecule has 0 amide bonds. The van der Waals surface area contributed by atoms with Crippen LogP contribution in [-0.2, 0) is 6.54 Å². The third-order valence-corrected chi connectivity index (χ3v) is 4.90. The lowest BCUT2D eigenvalue weighted by Crippen LogP contribution is -2.32. The van der Waals surface area contributed by atoms with Crippen molar-refractivity contribution >= 4 is 27.6 Å². The molecule has 0 aliphatic rings. The zero-order valence-corrected chi connectivity index (χ0v) is 15.5. The van der Waals surface area contributed by atoms with E-state index < -0.39 is 0 Å². The fourth-order valence-electron chi connectivity index (χ4n) is 3.37. The Morgan fingerprint density at radius 3 is 2.82 bits per heavy atom. The lowest BCUT2D eigenvalue weighted by atomic mass is 10.1. The van der Waals surface area contributed by atoms with E-state index in [1.807, 2.05) is 42.5 Å². The quantitative estimate of drug-likeness (QED) is 0.417. The molecule has 28 heavy (non-hydrogen) atoms. The van der Waals surface area contributed by atoms with Crippen LogP contribution >= 0.6 is 0 Å². The summed E-state index contributed by atoms with van der Waals surface area (Å²) >= 11 is 0. The lowest BCUT2D eigenvalue weighted by molar-refractivity contribution is 0.569. The van der Waals surface area contributed by atoms with Crippen LogP contribution in [0.25, 0.3) is 21.8 Å². The van der Waals surface area contributed by atoms with E-state index in [4.69, 9.17) is 0 Å². The van der Waals surface area contributed by atoms with E-state index in [-0.39, 0.29) is 11.5 Å². The minimum absolute atomic E-state index is 0.00387. The maximum Gasteiger partial charge on any atom is 0.191 e. The van der Waals surface area contributed by atoms with Crippen molar-refractivity contribution in [3.8, 4) is 6.07 Å². The molecule has 4 rings (SSSR count). The minimum atomic E-state index is 0.00387. The number of nitrogens with zero attached hydrogens (tertiary/aromatic N) is 1. The molecule has 2 aromatic carbocycles. The highest BCUT2D eigenvalue weighted by atomic mass is 16.1. The van der Waals surface area contributed by atoms with Crippen molar-refractivity contribution in [3.63, 3.8) is 0 Å². The molecule has 0 saturated heterocycles. The molecule has 0 fully saturated rings. The van der Waals surface area contributed by atoms with Crippen molar-refractivity contribution in [1.82, 2.24) is 15.3 Å². The molecule has 6 heteroatoms. The summed E-state index contributed by atoms with van der Waals surface area (Å²) in [4.78, 5) is 18.7. The molecule has 0 saturated carbocycles. The van der Waals surface area contributed by atoms with E-state index in [9.17, 15) is 10.1 Å². The van der Waals surface area contributed by atoms with E-state index in [1.165, 1.54) is 0 Å². The zero-order chi connectivity index (χ0) is 19.5. The predicted octanol–water partition coefficient (Wildman–Crippen LogP) is 3.47. The Morgan fingerprint density at radius 2 is 1.96 bits per heavy atom. The number of nitriles is 1. The summed E-state index contributed by atoms with van der Waals surface area (Å²) in [5.74, 6) is 0.711. The summed E-state index contributed by atoms with van der Waals surface area (Å²) in [5.41, 5.74) is 3.59. The smallest absolute Gasteiger partial charge is 0.191 e. The van der Waals surface area contributed by atoms with Gasteiger partial charge in [-0.2, -0.15) is 5.26 Å². The van der Waals surface area contributed by atoms with Gasteiger partial charge in [0.05, 0.1) is 16.6 Å². The van der Waals surface area contributed by atoms with Gasteiger partial charge < -0.3 is 20.6 Å². The number of nitrogens with one attached hydrogen (secondary N) is 4. The second kappa shape index (κ2) is 7.59. The van der Waals surface area contributed by atoms with E-state index in [1.54, 1.807) is 12.3 Å². The van der Waals surface area contributed by atoms with Crippen molar-refractivity contribution in [2.24, 2.45) is 0 Å². The SMILES string of the molecule is CC(CNc1cc(=O)c2ccccc2[nH]1)NCc1cccc2c(C#N)c[nH]c12. The standard InChI is InChI=1S/C22H21N5O/c1-14(11-25-21-9-20(28)18-6-2-3-8-19(18)27-21)24-12-15-5-4-7-17-16(10-23)13-26-22(15)17/h2-9,13-14,24,26H,11-12H2,1H3,(H2,25,27,28). The Balaban J connectivity index is 1.40. The van der Waals surface area contributed by atoms with Crippen molar-refractivity contribution < 1.29 is 0 Å². The van der Waals surface area contributed by atoms with Crippen molar-refractivity contribution in [1.29, 1.82) is 5.26 Å². The number of anilines is 1. The van der Waals surface area contributed by atoms with Crippen LogP contribution in [-0.4, -0.2) is 22.6 Å². The molecule has 4 aromatic rings. The van der Waals surface area contributed by atoms with Crippen molar-refractivity contribution in [2.75, 3.05) is 11.9 Å². The number of para-hydroxylation sites is 2. The van der Waals surface area contributed by atoms with Crippen LogP contribution in [0.3, 0.4) is 0 Å². The second-order valence-electron chi connectivity index (χ2n) is 6.91. The van der Waals surface area contributed by atoms with Crippen molar-refractivity contribution in [3.05, 3.63) is 76.1 Å². The molecule has 1 atom stereocenters. The number of aromatic nitrogens is 2. The van der Waals surface area contributed by atoms with Crippen LogP contribution in [0.5, 0.6) is 0 Å². The molecule has 0 aliphatic carbocycles. The average Bonchev–Trinajstić information content (AvgIpc) is 3.14. The number of fused-ring (bicyclic) bond motifs is 2. The summed E-state index contributed by atoms with van der Waals surface area (Å²) < 4.78 is 0. The first-order valence-corrected chi connectivity index (χ1v) is 9.24.